The number of benzene rings is 3. The van der Waals surface area contributed by atoms with Crippen molar-refractivity contribution in [1.29, 1.82) is 0 Å². The van der Waals surface area contributed by atoms with Crippen molar-refractivity contribution < 1.29 is 9.53 Å². The van der Waals surface area contributed by atoms with Crippen LogP contribution in [-0.4, -0.2) is 28.9 Å². The highest BCUT2D eigenvalue weighted by atomic mass is 32.2. The number of carbonyl (C=O) groups is 1. The molecule has 0 unspecified atom stereocenters. The van der Waals surface area contributed by atoms with Crippen molar-refractivity contribution in [3.63, 3.8) is 0 Å². The van der Waals surface area contributed by atoms with Crippen LogP contribution in [0, 0.1) is 0 Å². The number of para-hydroxylation sites is 1. The molecule has 1 atom stereocenters. The second kappa shape index (κ2) is 7.50. The average Bonchev–Trinajstić information content (AvgIpc) is 2.78. The van der Waals surface area contributed by atoms with E-state index in [4.69, 9.17) is 14.8 Å². The van der Waals surface area contributed by atoms with E-state index in [-0.39, 0.29) is 5.91 Å². The number of fused-ring (bicyclic) bond motifs is 3. The fourth-order valence-corrected chi connectivity index (χ4v) is 4.51. The zero-order valence-corrected chi connectivity index (χ0v) is 17.4. The highest BCUT2D eigenvalue weighted by Gasteiger charge is 2.35. The van der Waals surface area contributed by atoms with Crippen LogP contribution in [0.2, 0.25) is 0 Å². The molecule has 3 aromatic carbocycles. The molecule has 150 valence electrons. The van der Waals surface area contributed by atoms with E-state index in [9.17, 15) is 4.79 Å². The standard InChI is InChI=1S/C23H20N4O2S/c1-3-30-23-25-22(28)20-17-10-6-7-11-18(17)24-21(27(20)26-23)16-12-13-19(29-2)15-9-5-4-8-14(15)16/h4-13,21H,3H2,1-2H3,(H,25,26,28)/t21-/m1/s1. The molecule has 0 saturated carbocycles. The van der Waals surface area contributed by atoms with Crippen molar-refractivity contribution in [3.05, 3.63) is 76.8 Å². The highest BCUT2D eigenvalue weighted by molar-refractivity contribution is 8.13. The van der Waals surface area contributed by atoms with Gasteiger partial charge in [0.05, 0.1) is 12.5 Å². The van der Waals surface area contributed by atoms with Crippen molar-refractivity contribution in [2.75, 3.05) is 12.9 Å². The Morgan fingerprint density at radius 2 is 1.83 bits per heavy atom. The lowest BCUT2D eigenvalue weighted by Crippen LogP contribution is -2.50. The van der Waals surface area contributed by atoms with E-state index in [1.807, 2.05) is 61.5 Å². The quantitative estimate of drug-likeness (QED) is 0.713. The monoisotopic (exact) mass is 416 g/mol. The molecule has 0 radical (unpaired) electrons. The SMILES string of the molecule is CCSC1=NN2C(=c3ccccc3=N[C@H]2c2ccc(OC)c3ccccc23)C(=O)N1. The van der Waals surface area contributed by atoms with Gasteiger partial charge in [0.25, 0.3) is 5.91 Å². The van der Waals surface area contributed by atoms with E-state index in [1.165, 1.54) is 11.8 Å². The van der Waals surface area contributed by atoms with Gasteiger partial charge in [0, 0.05) is 16.2 Å². The van der Waals surface area contributed by atoms with Crippen LogP contribution in [0.25, 0.3) is 16.5 Å². The van der Waals surface area contributed by atoms with Crippen LogP contribution in [0.1, 0.15) is 18.7 Å². The number of rotatable bonds is 3. The van der Waals surface area contributed by atoms with Crippen LogP contribution >= 0.6 is 11.8 Å². The molecule has 30 heavy (non-hydrogen) atoms. The Balaban J connectivity index is 1.79. The normalized spacial score (nSPS) is 17.6. The maximum atomic E-state index is 13.1. The number of hydrogen-bond acceptors (Lipinski definition) is 6. The van der Waals surface area contributed by atoms with Crippen LogP contribution in [0.15, 0.2) is 70.8 Å². The zero-order chi connectivity index (χ0) is 20.7. The second-order valence-corrected chi connectivity index (χ2v) is 8.16. The van der Waals surface area contributed by atoms with Gasteiger partial charge in [0.1, 0.15) is 11.4 Å². The van der Waals surface area contributed by atoms with E-state index in [2.05, 4.69) is 11.4 Å². The van der Waals surface area contributed by atoms with Crippen molar-refractivity contribution >= 4 is 39.3 Å². The van der Waals surface area contributed by atoms with Gasteiger partial charge in [-0.3, -0.25) is 15.1 Å². The molecule has 2 aliphatic heterocycles. The molecule has 5 rings (SSSR count). The number of ether oxygens (including phenoxy) is 1. The van der Waals surface area contributed by atoms with E-state index >= 15 is 0 Å². The molecular weight excluding hydrogens is 396 g/mol. The first-order valence-corrected chi connectivity index (χ1v) is 10.7. The molecule has 2 aliphatic rings. The number of nitrogens with zero attached hydrogens (tertiary/aromatic N) is 3. The van der Waals surface area contributed by atoms with E-state index in [0.29, 0.717) is 10.9 Å². The maximum absolute atomic E-state index is 13.1. The smallest absolute Gasteiger partial charge is 0.276 e. The zero-order valence-electron chi connectivity index (χ0n) is 16.6. The number of hydrogen-bond donors (Lipinski definition) is 1. The Kier molecular flexibility index (Phi) is 4.67. The summed E-state index contributed by atoms with van der Waals surface area (Å²) >= 11 is 1.50. The van der Waals surface area contributed by atoms with Crippen LogP contribution in [0.4, 0.5) is 0 Å². The van der Waals surface area contributed by atoms with Gasteiger partial charge < -0.3 is 4.74 Å². The predicted molar refractivity (Wildman–Crippen MR) is 119 cm³/mol. The summed E-state index contributed by atoms with van der Waals surface area (Å²) < 4.78 is 5.55. The van der Waals surface area contributed by atoms with Crippen LogP contribution in [0.5, 0.6) is 5.75 Å². The minimum absolute atomic E-state index is 0.161. The Labute approximate surface area is 177 Å². The minimum Gasteiger partial charge on any atom is -0.496 e. The fraction of sp³-hybridized carbons (Fsp3) is 0.174. The first-order valence-electron chi connectivity index (χ1n) is 9.76. The Hall–Kier alpha value is -3.32. The lowest BCUT2D eigenvalue weighted by atomic mass is 10.00. The molecule has 0 aromatic heterocycles. The van der Waals surface area contributed by atoms with Crippen molar-refractivity contribution in [3.8, 4) is 5.75 Å². The molecule has 0 spiro atoms. The van der Waals surface area contributed by atoms with E-state index in [0.717, 1.165) is 38.4 Å². The molecule has 0 bridgehead atoms. The number of thioether (sulfide) groups is 1. The minimum atomic E-state index is -0.454. The summed E-state index contributed by atoms with van der Waals surface area (Å²) in [6, 6.07) is 19.7. The summed E-state index contributed by atoms with van der Waals surface area (Å²) in [6.45, 7) is 2.03. The third kappa shape index (κ3) is 2.93. The molecule has 7 heteroatoms. The summed E-state index contributed by atoms with van der Waals surface area (Å²) in [5.41, 5.74) is 1.49. The van der Waals surface area contributed by atoms with Gasteiger partial charge in [-0.1, -0.05) is 67.2 Å². The first kappa shape index (κ1) is 18.7. The van der Waals surface area contributed by atoms with Crippen LogP contribution < -0.4 is 20.6 Å². The number of nitrogens with one attached hydrogen (secondary N) is 1. The summed E-state index contributed by atoms with van der Waals surface area (Å²) in [5, 5.41) is 13.6. The number of amidine groups is 1. The summed E-state index contributed by atoms with van der Waals surface area (Å²) in [7, 11) is 1.67. The largest absolute Gasteiger partial charge is 0.496 e. The highest BCUT2D eigenvalue weighted by Crippen LogP contribution is 2.37. The molecular formula is C23H20N4O2S. The molecule has 1 amide bonds. The van der Waals surface area contributed by atoms with Gasteiger partial charge in [0.15, 0.2) is 11.3 Å². The Morgan fingerprint density at radius 1 is 1.07 bits per heavy atom. The Bertz CT molecular complexity index is 1320. The van der Waals surface area contributed by atoms with Crippen LogP contribution in [0.3, 0.4) is 0 Å². The summed E-state index contributed by atoms with van der Waals surface area (Å²) in [6.07, 6.45) is -0.454. The summed E-state index contributed by atoms with van der Waals surface area (Å²) in [5.74, 6) is 1.45. The average molecular weight is 417 g/mol. The fourth-order valence-electron chi connectivity index (χ4n) is 3.93. The number of carbonyl (C=O) groups excluding carboxylic acids is 1. The lowest BCUT2D eigenvalue weighted by Gasteiger charge is -2.34. The third-order valence-electron chi connectivity index (χ3n) is 5.21. The summed E-state index contributed by atoms with van der Waals surface area (Å²) in [4.78, 5) is 18.1. The molecule has 0 fully saturated rings. The van der Waals surface area contributed by atoms with Gasteiger partial charge in [-0.2, -0.15) is 0 Å². The number of methoxy groups -OCH3 is 1. The van der Waals surface area contributed by atoms with Gasteiger partial charge in [-0.05, 0) is 23.3 Å². The molecule has 2 heterocycles. The second-order valence-electron chi connectivity index (χ2n) is 6.91. The van der Waals surface area contributed by atoms with Crippen molar-refractivity contribution in [1.82, 2.24) is 10.3 Å². The van der Waals surface area contributed by atoms with Gasteiger partial charge in [0.2, 0.25) is 0 Å². The van der Waals surface area contributed by atoms with E-state index in [1.54, 1.807) is 12.1 Å². The number of amides is 1. The molecule has 6 nitrogen and oxygen atoms in total. The first-order chi connectivity index (χ1) is 14.7. The molecule has 0 saturated heterocycles. The lowest BCUT2D eigenvalue weighted by molar-refractivity contribution is -0.116. The van der Waals surface area contributed by atoms with Crippen molar-refractivity contribution in [2.45, 2.75) is 13.1 Å². The topological polar surface area (TPSA) is 66.3 Å². The van der Waals surface area contributed by atoms with Gasteiger partial charge in [-0.25, -0.2) is 5.01 Å². The van der Waals surface area contributed by atoms with E-state index < -0.39 is 6.17 Å². The van der Waals surface area contributed by atoms with Crippen LogP contribution in [-0.2, 0) is 4.79 Å². The number of hydrazone groups is 1. The molecule has 1 N–H and O–H groups in total. The van der Waals surface area contributed by atoms with Gasteiger partial charge in [-0.15, -0.1) is 5.10 Å². The molecule has 3 aromatic rings. The Morgan fingerprint density at radius 3 is 2.63 bits per heavy atom. The maximum Gasteiger partial charge on any atom is 0.276 e. The predicted octanol–water partition coefficient (Wildman–Crippen LogP) is 2.74. The third-order valence-corrected chi connectivity index (χ3v) is 5.96. The molecule has 0 aliphatic carbocycles. The van der Waals surface area contributed by atoms with Gasteiger partial charge >= 0.3 is 0 Å². The van der Waals surface area contributed by atoms with Crippen molar-refractivity contribution in [2.24, 2.45) is 10.1 Å².